The summed E-state index contributed by atoms with van der Waals surface area (Å²) in [7, 11) is 1.54. The Hall–Kier alpha value is -1.90. The molecular weight excluding hydrogens is 210 g/mol. The Balaban J connectivity index is 2.50. The van der Waals surface area contributed by atoms with Crippen molar-refractivity contribution in [3.05, 3.63) is 54.1 Å². The van der Waals surface area contributed by atoms with E-state index >= 15 is 0 Å². The fourth-order valence-electron chi connectivity index (χ4n) is 1.53. The van der Waals surface area contributed by atoms with Crippen LogP contribution in [0.4, 0.5) is 8.78 Å². The van der Waals surface area contributed by atoms with Crippen molar-refractivity contribution in [1.82, 2.24) is 0 Å². The summed E-state index contributed by atoms with van der Waals surface area (Å²) >= 11 is 0. The summed E-state index contributed by atoms with van der Waals surface area (Å²) < 4.78 is 31.9. The zero-order valence-electron chi connectivity index (χ0n) is 8.71. The van der Waals surface area contributed by atoms with E-state index < -0.39 is 11.6 Å². The SMILES string of the molecule is COc1ccc(-c2c(F)cccc2F)cc1. The first-order chi connectivity index (χ1) is 7.72. The molecule has 2 rings (SSSR count). The molecule has 1 nitrogen and oxygen atoms in total. The van der Waals surface area contributed by atoms with Crippen LogP contribution in [0, 0.1) is 11.6 Å². The van der Waals surface area contributed by atoms with Crippen LogP contribution < -0.4 is 4.74 Å². The quantitative estimate of drug-likeness (QED) is 0.750. The van der Waals surface area contributed by atoms with E-state index in [0.717, 1.165) is 0 Å². The molecule has 0 aliphatic heterocycles. The largest absolute Gasteiger partial charge is 0.497 e. The molecular formula is C13H10F2O. The van der Waals surface area contributed by atoms with Crippen LogP contribution in [0.5, 0.6) is 5.75 Å². The number of ether oxygens (including phenoxy) is 1. The van der Waals surface area contributed by atoms with Crippen LogP contribution >= 0.6 is 0 Å². The van der Waals surface area contributed by atoms with Gasteiger partial charge >= 0.3 is 0 Å². The molecule has 0 amide bonds. The molecule has 16 heavy (non-hydrogen) atoms. The minimum absolute atomic E-state index is 0.00912. The van der Waals surface area contributed by atoms with Crippen LogP contribution in [-0.2, 0) is 0 Å². The molecule has 0 unspecified atom stereocenters. The highest BCUT2D eigenvalue weighted by molar-refractivity contribution is 5.65. The van der Waals surface area contributed by atoms with Crippen LogP contribution in [0.3, 0.4) is 0 Å². The fraction of sp³-hybridized carbons (Fsp3) is 0.0769. The second kappa shape index (κ2) is 4.31. The van der Waals surface area contributed by atoms with Crippen molar-refractivity contribution in [2.24, 2.45) is 0 Å². The highest BCUT2D eigenvalue weighted by Gasteiger charge is 2.10. The second-order valence-electron chi connectivity index (χ2n) is 3.33. The lowest BCUT2D eigenvalue weighted by molar-refractivity contribution is 0.415. The minimum Gasteiger partial charge on any atom is -0.497 e. The summed E-state index contributed by atoms with van der Waals surface area (Å²) in [6.45, 7) is 0. The van der Waals surface area contributed by atoms with Crippen LogP contribution in [0.15, 0.2) is 42.5 Å². The first-order valence-corrected chi connectivity index (χ1v) is 4.81. The summed E-state index contributed by atoms with van der Waals surface area (Å²) in [6.07, 6.45) is 0. The summed E-state index contributed by atoms with van der Waals surface area (Å²) in [5.41, 5.74) is 0.488. The number of hydrogen-bond donors (Lipinski definition) is 0. The van der Waals surface area contributed by atoms with Crippen LogP contribution in [0.1, 0.15) is 0 Å². The third-order valence-corrected chi connectivity index (χ3v) is 2.34. The van der Waals surface area contributed by atoms with Crippen molar-refractivity contribution in [2.75, 3.05) is 7.11 Å². The summed E-state index contributed by atoms with van der Waals surface area (Å²) in [6, 6.07) is 10.4. The molecule has 0 heterocycles. The third-order valence-electron chi connectivity index (χ3n) is 2.34. The molecule has 0 atom stereocenters. The number of benzene rings is 2. The summed E-state index contributed by atoms with van der Waals surface area (Å²) in [4.78, 5) is 0. The molecule has 2 aromatic rings. The van der Waals surface area contributed by atoms with Gasteiger partial charge in [0.25, 0.3) is 0 Å². The maximum Gasteiger partial charge on any atom is 0.133 e. The maximum absolute atomic E-state index is 13.4. The minimum atomic E-state index is -0.565. The van der Waals surface area contributed by atoms with Gasteiger partial charge in [0.2, 0.25) is 0 Å². The average molecular weight is 220 g/mol. The standard InChI is InChI=1S/C13H10F2O/c1-16-10-7-5-9(6-8-10)13-11(14)3-2-4-12(13)15/h2-8H,1H3. The van der Waals surface area contributed by atoms with Gasteiger partial charge in [-0.15, -0.1) is 0 Å². The van der Waals surface area contributed by atoms with E-state index in [0.29, 0.717) is 11.3 Å². The normalized spacial score (nSPS) is 10.2. The van der Waals surface area contributed by atoms with Gasteiger partial charge in [-0.05, 0) is 29.8 Å². The van der Waals surface area contributed by atoms with Crippen molar-refractivity contribution < 1.29 is 13.5 Å². The first-order valence-electron chi connectivity index (χ1n) is 4.81. The van der Waals surface area contributed by atoms with Gasteiger partial charge in [0.15, 0.2) is 0 Å². The Kier molecular flexibility index (Phi) is 2.86. The predicted octanol–water partition coefficient (Wildman–Crippen LogP) is 3.64. The van der Waals surface area contributed by atoms with Crippen molar-refractivity contribution >= 4 is 0 Å². The van der Waals surface area contributed by atoms with E-state index in [-0.39, 0.29) is 5.56 Å². The Morgan fingerprint density at radius 1 is 0.875 bits per heavy atom. The van der Waals surface area contributed by atoms with Crippen molar-refractivity contribution in [3.8, 4) is 16.9 Å². The van der Waals surface area contributed by atoms with Gasteiger partial charge in [0.05, 0.1) is 12.7 Å². The van der Waals surface area contributed by atoms with Crippen LogP contribution in [-0.4, -0.2) is 7.11 Å². The van der Waals surface area contributed by atoms with Crippen molar-refractivity contribution in [3.63, 3.8) is 0 Å². The van der Waals surface area contributed by atoms with Gasteiger partial charge in [-0.2, -0.15) is 0 Å². The van der Waals surface area contributed by atoms with Crippen LogP contribution in [0.25, 0.3) is 11.1 Å². The van der Waals surface area contributed by atoms with E-state index in [2.05, 4.69) is 0 Å². The van der Waals surface area contributed by atoms with E-state index in [9.17, 15) is 8.78 Å². The van der Waals surface area contributed by atoms with Crippen molar-refractivity contribution in [1.29, 1.82) is 0 Å². The average Bonchev–Trinajstić information content (AvgIpc) is 2.30. The lowest BCUT2D eigenvalue weighted by Gasteiger charge is -2.06. The molecule has 0 radical (unpaired) electrons. The molecule has 0 spiro atoms. The van der Waals surface area contributed by atoms with E-state index in [1.165, 1.54) is 18.2 Å². The number of methoxy groups -OCH3 is 1. The molecule has 0 saturated carbocycles. The molecule has 0 bridgehead atoms. The smallest absolute Gasteiger partial charge is 0.133 e. The molecule has 82 valence electrons. The van der Waals surface area contributed by atoms with Gasteiger partial charge in [-0.3, -0.25) is 0 Å². The predicted molar refractivity (Wildman–Crippen MR) is 58.3 cm³/mol. The molecule has 0 aliphatic rings. The van der Waals surface area contributed by atoms with Crippen LogP contribution in [0.2, 0.25) is 0 Å². The topological polar surface area (TPSA) is 9.23 Å². The molecule has 0 aromatic heterocycles. The lowest BCUT2D eigenvalue weighted by atomic mass is 10.0. The number of hydrogen-bond acceptors (Lipinski definition) is 1. The zero-order valence-corrected chi connectivity index (χ0v) is 8.71. The maximum atomic E-state index is 13.4. The van der Waals surface area contributed by atoms with Gasteiger partial charge in [0, 0.05) is 0 Å². The molecule has 0 saturated heterocycles. The van der Waals surface area contributed by atoms with Gasteiger partial charge in [0.1, 0.15) is 17.4 Å². The highest BCUT2D eigenvalue weighted by Crippen LogP contribution is 2.27. The fourth-order valence-corrected chi connectivity index (χ4v) is 1.53. The van der Waals surface area contributed by atoms with Gasteiger partial charge in [-0.1, -0.05) is 18.2 Å². The molecule has 3 heteroatoms. The molecule has 0 N–H and O–H groups in total. The second-order valence-corrected chi connectivity index (χ2v) is 3.33. The number of halogens is 2. The van der Waals surface area contributed by atoms with Gasteiger partial charge < -0.3 is 4.74 Å². The van der Waals surface area contributed by atoms with Gasteiger partial charge in [-0.25, -0.2) is 8.78 Å². The highest BCUT2D eigenvalue weighted by atomic mass is 19.1. The van der Waals surface area contributed by atoms with Crippen molar-refractivity contribution in [2.45, 2.75) is 0 Å². The Morgan fingerprint density at radius 2 is 1.44 bits per heavy atom. The summed E-state index contributed by atoms with van der Waals surface area (Å²) in [5, 5.41) is 0. The monoisotopic (exact) mass is 220 g/mol. The lowest BCUT2D eigenvalue weighted by Crippen LogP contribution is -1.89. The van der Waals surface area contributed by atoms with E-state index in [1.807, 2.05) is 0 Å². The van der Waals surface area contributed by atoms with E-state index in [4.69, 9.17) is 4.74 Å². The van der Waals surface area contributed by atoms with E-state index in [1.54, 1.807) is 31.4 Å². The third kappa shape index (κ3) is 1.89. The zero-order chi connectivity index (χ0) is 11.5. The molecule has 0 aliphatic carbocycles. The Morgan fingerprint density at radius 3 is 1.94 bits per heavy atom. The Bertz CT molecular complexity index is 472. The molecule has 2 aromatic carbocycles. The molecule has 0 fully saturated rings. The summed E-state index contributed by atoms with van der Waals surface area (Å²) in [5.74, 6) is -0.476. The Labute approximate surface area is 92.3 Å². The number of rotatable bonds is 2. The first kappa shape index (κ1) is 10.6.